The van der Waals surface area contributed by atoms with Gasteiger partial charge >= 0.3 is 6.03 Å². The number of aryl methyl sites for hydroxylation is 1. The van der Waals surface area contributed by atoms with E-state index in [-0.39, 0.29) is 6.03 Å². The van der Waals surface area contributed by atoms with Crippen LogP contribution in [-0.2, 0) is 4.74 Å². The lowest BCUT2D eigenvalue weighted by molar-refractivity contribution is 0.122. The third-order valence-corrected chi connectivity index (χ3v) is 5.29. The number of nitrogens with zero attached hydrogens (tertiary/aromatic N) is 4. The Morgan fingerprint density at radius 3 is 2.68 bits per heavy atom. The highest BCUT2D eigenvalue weighted by Crippen LogP contribution is 2.29. The Morgan fingerprint density at radius 1 is 1.12 bits per heavy atom. The van der Waals surface area contributed by atoms with E-state index < -0.39 is 0 Å². The van der Waals surface area contributed by atoms with Crippen LogP contribution in [0.25, 0.3) is 11.3 Å². The number of carbonyl (C=O) groups is 1. The van der Waals surface area contributed by atoms with E-state index in [0.29, 0.717) is 48.7 Å². The molecule has 2 amide bonds. The highest BCUT2D eigenvalue weighted by atomic mass is 16.5. The molecule has 0 aromatic carbocycles. The Balaban J connectivity index is 1.45. The van der Waals surface area contributed by atoms with Crippen LogP contribution in [0.15, 0.2) is 48.8 Å². The molecule has 2 N–H and O–H groups in total. The van der Waals surface area contributed by atoms with Crippen molar-refractivity contribution in [3.63, 3.8) is 0 Å². The van der Waals surface area contributed by atoms with Crippen molar-refractivity contribution in [2.24, 2.45) is 5.92 Å². The zero-order valence-electron chi connectivity index (χ0n) is 19.7. The maximum Gasteiger partial charge on any atom is 0.320 e. The Morgan fingerprint density at radius 2 is 1.91 bits per heavy atom. The molecule has 34 heavy (non-hydrogen) atoms. The average Bonchev–Trinajstić information content (AvgIpc) is 2.85. The second kappa shape index (κ2) is 10.9. The number of anilines is 2. The third-order valence-electron chi connectivity index (χ3n) is 5.29. The molecule has 1 fully saturated rings. The molecule has 0 radical (unpaired) electrons. The first-order valence-electron chi connectivity index (χ1n) is 11.4. The Bertz CT molecular complexity index is 1130. The van der Waals surface area contributed by atoms with E-state index in [1.807, 2.05) is 39.0 Å². The van der Waals surface area contributed by atoms with Crippen LogP contribution in [0.2, 0.25) is 0 Å². The fourth-order valence-corrected chi connectivity index (χ4v) is 3.49. The first kappa shape index (κ1) is 23.4. The molecular weight excluding hydrogens is 432 g/mol. The number of amides is 2. The molecule has 0 aliphatic carbocycles. The average molecular weight is 463 g/mol. The van der Waals surface area contributed by atoms with Crippen LogP contribution in [-0.4, -0.2) is 53.8 Å². The molecular formula is C25H30N6O3. The maximum atomic E-state index is 12.0. The highest BCUT2D eigenvalue weighted by molar-refractivity contribution is 5.88. The van der Waals surface area contributed by atoms with Crippen molar-refractivity contribution in [2.75, 3.05) is 43.1 Å². The lowest BCUT2D eigenvalue weighted by Crippen LogP contribution is -2.36. The molecule has 4 rings (SSSR count). The molecule has 1 saturated heterocycles. The Kier molecular flexibility index (Phi) is 7.54. The summed E-state index contributed by atoms with van der Waals surface area (Å²) in [6.45, 7) is 9.57. The first-order valence-corrected chi connectivity index (χ1v) is 11.4. The van der Waals surface area contributed by atoms with Gasteiger partial charge in [-0.15, -0.1) is 0 Å². The van der Waals surface area contributed by atoms with Crippen LogP contribution in [0.5, 0.6) is 11.5 Å². The molecule has 3 aromatic heterocycles. The predicted octanol–water partition coefficient (Wildman–Crippen LogP) is 4.25. The second-order valence-corrected chi connectivity index (χ2v) is 8.49. The van der Waals surface area contributed by atoms with Gasteiger partial charge in [0.1, 0.15) is 23.1 Å². The van der Waals surface area contributed by atoms with Crippen LogP contribution < -0.4 is 20.3 Å². The van der Waals surface area contributed by atoms with Crippen molar-refractivity contribution in [1.29, 1.82) is 0 Å². The topological polar surface area (TPSA) is 102 Å². The van der Waals surface area contributed by atoms with Gasteiger partial charge in [0.2, 0.25) is 0 Å². The zero-order chi connectivity index (χ0) is 23.9. The van der Waals surface area contributed by atoms with E-state index in [2.05, 4.69) is 30.5 Å². The number of ether oxygens (including phenoxy) is 2. The number of hydrogen-bond acceptors (Lipinski definition) is 7. The van der Waals surface area contributed by atoms with Gasteiger partial charge in [-0.3, -0.25) is 10.3 Å². The summed E-state index contributed by atoms with van der Waals surface area (Å²) in [6.07, 6.45) is 3.52. The van der Waals surface area contributed by atoms with E-state index in [1.54, 1.807) is 30.6 Å². The van der Waals surface area contributed by atoms with Crippen LogP contribution in [0.4, 0.5) is 16.4 Å². The number of carbonyl (C=O) groups excluding carboxylic acids is 1. The van der Waals surface area contributed by atoms with Crippen molar-refractivity contribution >= 4 is 17.7 Å². The molecule has 0 unspecified atom stereocenters. The smallest absolute Gasteiger partial charge is 0.320 e. The Hall–Kier alpha value is -3.72. The molecule has 3 aromatic rings. The standard InChI is InChI=1S/C25H30N6O3/c1-17(2)16-28-25(32)30-23-5-4-22(18(3)29-23)34-20-7-9-26-21(15-20)19-6-8-27-24(14-19)31-10-12-33-13-11-31/h4-9,14-15,17H,10-13,16H2,1-3H3,(H2,28,29,30,32). The minimum absolute atomic E-state index is 0.276. The van der Waals surface area contributed by atoms with Crippen LogP contribution in [0.1, 0.15) is 19.5 Å². The van der Waals surface area contributed by atoms with E-state index in [4.69, 9.17) is 9.47 Å². The van der Waals surface area contributed by atoms with E-state index >= 15 is 0 Å². The number of rotatable bonds is 7. The fourth-order valence-electron chi connectivity index (χ4n) is 3.49. The molecule has 9 nitrogen and oxygen atoms in total. The lowest BCUT2D eigenvalue weighted by Gasteiger charge is -2.28. The van der Waals surface area contributed by atoms with E-state index in [1.165, 1.54) is 0 Å². The molecule has 1 aliphatic rings. The summed E-state index contributed by atoms with van der Waals surface area (Å²) in [4.78, 5) is 27.7. The molecule has 0 saturated carbocycles. The van der Waals surface area contributed by atoms with Crippen LogP contribution in [0, 0.1) is 12.8 Å². The van der Waals surface area contributed by atoms with Gasteiger partial charge in [0, 0.05) is 43.7 Å². The molecule has 0 bridgehead atoms. The second-order valence-electron chi connectivity index (χ2n) is 8.49. The quantitative estimate of drug-likeness (QED) is 0.541. The summed E-state index contributed by atoms with van der Waals surface area (Å²) >= 11 is 0. The van der Waals surface area contributed by atoms with Crippen molar-refractivity contribution in [3.8, 4) is 22.8 Å². The number of morpholine rings is 1. The summed E-state index contributed by atoms with van der Waals surface area (Å²) < 4.78 is 11.5. The molecule has 0 atom stereocenters. The van der Waals surface area contributed by atoms with Gasteiger partial charge in [0.05, 0.1) is 24.6 Å². The summed E-state index contributed by atoms with van der Waals surface area (Å²) in [5.74, 6) is 3.01. The summed E-state index contributed by atoms with van der Waals surface area (Å²) in [5.41, 5.74) is 2.42. The maximum absolute atomic E-state index is 12.0. The predicted molar refractivity (Wildman–Crippen MR) is 131 cm³/mol. The van der Waals surface area contributed by atoms with Crippen molar-refractivity contribution in [1.82, 2.24) is 20.3 Å². The van der Waals surface area contributed by atoms with Crippen LogP contribution >= 0.6 is 0 Å². The fraction of sp³-hybridized carbons (Fsp3) is 0.360. The zero-order valence-corrected chi connectivity index (χ0v) is 19.7. The number of nitrogens with one attached hydrogen (secondary N) is 2. The SMILES string of the molecule is Cc1nc(NC(=O)NCC(C)C)ccc1Oc1ccnc(-c2ccnc(N3CCOCC3)c2)c1. The summed E-state index contributed by atoms with van der Waals surface area (Å²) in [6, 6.07) is 10.9. The van der Waals surface area contributed by atoms with Crippen molar-refractivity contribution in [3.05, 3.63) is 54.5 Å². The third kappa shape index (κ3) is 6.20. The lowest BCUT2D eigenvalue weighted by atomic mass is 10.1. The largest absolute Gasteiger partial charge is 0.455 e. The number of urea groups is 1. The molecule has 1 aliphatic heterocycles. The monoisotopic (exact) mass is 462 g/mol. The van der Waals surface area contributed by atoms with Gasteiger partial charge in [0.25, 0.3) is 0 Å². The van der Waals surface area contributed by atoms with Gasteiger partial charge in [0.15, 0.2) is 0 Å². The van der Waals surface area contributed by atoms with Gasteiger partial charge < -0.3 is 19.7 Å². The first-order chi connectivity index (χ1) is 16.5. The van der Waals surface area contributed by atoms with Crippen LogP contribution in [0.3, 0.4) is 0 Å². The number of pyridine rings is 3. The normalized spacial score (nSPS) is 13.6. The molecule has 4 heterocycles. The van der Waals surface area contributed by atoms with Gasteiger partial charge in [-0.1, -0.05) is 13.8 Å². The number of hydrogen-bond donors (Lipinski definition) is 2. The minimum atomic E-state index is -0.276. The van der Waals surface area contributed by atoms with E-state index in [9.17, 15) is 4.79 Å². The Labute approximate surface area is 199 Å². The molecule has 0 spiro atoms. The summed E-state index contributed by atoms with van der Waals surface area (Å²) in [7, 11) is 0. The minimum Gasteiger partial charge on any atom is -0.455 e. The van der Waals surface area contributed by atoms with E-state index in [0.717, 1.165) is 30.2 Å². The van der Waals surface area contributed by atoms with Gasteiger partial charge in [-0.25, -0.2) is 14.8 Å². The highest BCUT2D eigenvalue weighted by Gasteiger charge is 2.14. The van der Waals surface area contributed by atoms with Crippen molar-refractivity contribution < 1.29 is 14.3 Å². The molecule has 9 heteroatoms. The molecule has 178 valence electrons. The van der Waals surface area contributed by atoms with Gasteiger partial charge in [-0.2, -0.15) is 0 Å². The van der Waals surface area contributed by atoms with Gasteiger partial charge in [-0.05, 0) is 43.2 Å². The number of aromatic nitrogens is 3. The van der Waals surface area contributed by atoms with Crippen molar-refractivity contribution in [2.45, 2.75) is 20.8 Å². The summed E-state index contributed by atoms with van der Waals surface area (Å²) in [5, 5.41) is 5.56.